The first kappa shape index (κ1) is 11.8. The Balaban J connectivity index is 3.41. The maximum absolute atomic E-state index is 10.7. The summed E-state index contributed by atoms with van der Waals surface area (Å²) >= 11 is 0. The number of methoxy groups -OCH3 is 1. The first-order valence-electron chi connectivity index (χ1n) is 4.46. The molecule has 6 nitrogen and oxygen atoms in total. The van der Waals surface area contributed by atoms with Gasteiger partial charge in [0.1, 0.15) is 0 Å². The molecule has 0 spiro atoms. The van der Waals surface area contributed by atoms with E-state index in [-0.39, 0.29) is 5.75 Å². The van der Waals surface area contributed by atoms with Gasteiger partial charge in [-0.25, -0.2) is 0 Å². The molecular weight excluding hydrogens is 212 g/mol. The molecule has 1 atom stereocenters. The van der Waals surface area contributed by atoms with E-state index in [1.54, 1.807) is 6.92 Å². The summed E-state index contributed by atoms with van der Waals surface area (Å²) in [5.74, 6) is -1.04. The summed E-state index contributed by atoms with van der Waals surface area (Å²) in [6.07, 6.45) is 0. The van der Waals surface area contributed by atoms with E-state index in [4.69, 9.17) is 10.00 Å². The molecule has 0 bridgehead atoms. The van der Waals surface area contributed by atoms with Gasteiger partial charge in [-0.3, -0.25) is 10.1 Å². The summed E-state index contributed by atoms with van der Waals surface area (Å²) in [4.78, 5) is 9.94. The van der Waals surface area contributed by atoms with E-state index in [2.05, 4.69) is 0 Å². The molecule has 0 saturated carbocycles. The maximum Gasteiger partial charge on any atom is 0.314 e. The summed E-state index contributed by atoms with van der Waals surface area (Å²) in [7, 11) is 1.29. The number of phenols is 1. The van der Waals surface area contributed by atoms with Gasteiger partial charge in [0.25, 0.3) is 0 Å². The van der Waals surface area contributed by atoms with Gasteiger partial charge in [-0.2, -0.15) is 5.26 Å². The molecule has 0 heterocycles. The molecule has 1 aromatic rings. The summed E-state index contributed by atoms with van der Waals surface area (Å²) < 4.78 is 4.81. The van der Waals surface area contributed by atoms with Crippen LogP contribution in [-0.2, 0) is 0 Å². The van der Waals surface area contributed by atoms with E-state index in [0.717, 1.165) is 0 Å². The lowest BCUT2D eigenvalue weighted by Crippen LogP contribution is -1.97. The molecule has 1 unspecified atom stereocenters. The second-order valence-electron chi connectivity index (χ2n) is 3.20. The van der Waals surface area contributed by atoms with Gasteiger partial charge in [0.05, 0.1) is 24.0 Å². The zero-order valence-corrected chi connectivity index (χ0v) is 8.80. The Labute approximate surface area is 91.8 Å². The molecule has 0 aromatic heterocycles. The average Bonchev–Trinajstić information content (AvgIpc) is 2.27. The highest BCUT2D eigenvalue weighted by molar-refractivity contribution is 5.58. The molecule has 6 heteroatoms. The highest BCUT2D eigenvalue weighted by atomic mass is 16.6. The van der Waals surface area contributed by atoms with Crippen molar-refractivity contribution in [2.45, 2.75) is 12.8 Å². The summed E-state index contributed by atoms with van der Waals surface area (Å²) in [6, 6.07) is 4.54. The van der Waals surface area contributed by atoms with Crippen molar-refractivity contribution in [1.29, 1.82) is 5.26 Å². The molecule has 0 fully saturated rings. The molecule has 0 aliphatic carbocycles. The number of nitro benzene ring substituents is 1. The zero-order valence-electron chi connectivity index (χ0n) is 8.80. The molecule has 1 aromatic carbocycles. The van der Waals surface area contributed by atoms with Crippen LogP contribution in [0.4, 0.5) is 5.69 Å². The Kier molecular flexibility index (Phi) is 3.30. The van der Waals surface area contributed by atoms with E-state index in [1.165, 1.54) is 19.2 Å². The van der Waals surface area contributed by atoms with Crippen molar-refractivity contribution in [3.8, 4) is 17.6 Å². The number of nitriles is 1. The molecule has 1 N–H and O–H groups in total. The van der Waals surface area contributed by atoms with Crippen LogP contribution in [0.3, 0.4) is 0 Å². The van der Waals surface area contributed by atoms with E-state index >= 15 is 0 Å². The van der Waals surface area contributed by atoms with Crippen molar-refractivity contribution in [1.82, 2.24) is 0 Å². The van der Waals surface area contributed by atoms with Gasteiger partial charge >= 0.3 is 5.69 Å². The molecule has 0 amide bonds. The molecule has 1 rings (SSSR count). The van der Waals surface area contributed by atoms with Crippen LogP contribution in [0.5, 0.6) is 11.5 Å². The Morgan fingerprint density at radius 1 is 1.62 bits per heavy atom. The van der Waals surface area contributed by atoms with Crippen LogP contribution in [0, 0.1) is 21.4 Å². The lowest BCUT2D eigenvalue weighted by atomic mass is 10.0. The number of aromatic hydroxyl groups is 1. The van der Waals surface area contributed by atoms with Crippen LogP contribution in [-0.4, -0.2) is 17.1 Å². The second-order valence-corrected chi connectivity index (χ2v) is 3.20. The Morgan fingerprint density at radius 3 is 2.69 bits per heavy atom. The molecule has 0 saturated heterocycles. The largest absolute Gasteiger partial charge is 0.500 e. The van der Waals surface area contributed by atoms with Gasteiger partial charge in [-0.15, -0.1) is 0 Å². The van der Waals surface area contributed by atoms with Crippen molar-refractivity contribution < 1.29 is 14.8 Å². The smallest absolute Gasteiger partial charge is 0.314 e. The van der Waals surface area contributed by atoms with Crippen LogP contribution in [0.1, 0.15) is 18.4 Å². The minimum Gasteiger partial charge on any atom is -0.500 e. The van der Waals surface area contributed by atoms with Crippen LogP contribution < -0.4 is 4.74 Å². The molecule has 84 valence electrons. The highest BCUT2D eigenvalue weighted by Crippen LogP contribution is 2.38. The summed E-state index contributed by atoms with van der Waals surface area (Å²) in [5, 5.41) is 28.9. The van der Waals surface area contributed by atoms with Gasteiger partial charge in [-0.05, 0) is 18.6 Å². The predicted octanol–water partition coefficient (Wildman–Crippen LogP) is 1.94. The Bertz CT molecular complexity index is 465. The predicted molar refractivity (Wildman–Crippen MR) is 55.3 cm³/mol. The number of nitrogens with zero attached hydrogens (tertiary/aromatic N) is 2. The molecular formula is C10H10N2O4. The quantitative estimate of drug-likeness (QED) is 0.622. The third kappa shape index (κ3) is 2.03. The monoisotopic (exact) mass is 222 g/mol. The van der Waals surface area contributed by atoms with Crippen molar-refractivity contribution in [3.63, 3.8) is 0 Å². The highest BCUT2D eigenvalue weighted by Gasteiger charge is 2.21. The third-order valence-electron chi connectivity index (χ3n) is 2.19. The lowest BCUT2D eigenvalue weighted by molar-refractivity contribution is -0.386. The van der Waals surface area contributed by atoms with E-state index in [0.29, 0.717) is 5.56 Å². The maximum atomic E-state index is 10.7. The summed E-state index contributed by atoms with van der Waals surface area (Å²) in [6.45, 7) is 1.61. The molecule has 0 aliphatic heterocycles. The van der Waals surface area contributed by atoms with E-state index in [1.807, 2.05) is 6.07 Å². The molecule has 16 heavy (non-hydrogen) atoms. The van der Waals surface area contributed by atoms with Crippen LogP contribution in [0.25, 0.3) is 0 Å². The minimum atomic E-state index is -0.717. The molecule has 0 radical (unpaired) electrons. The first-order chi connectivity index (χ1) is 7.51. The number of phenolic OH excluding ortho intramolecular Hbond substituents is 1. The number of rotatable bonds is 3. The van der Waals surface area contributed by atoms with Gasteiger partial charge in [0.15, 0.2) is 5.75 Å². The Hall–Kier alpha value is -2.29. The van der Waals surface area contributed by atoms with E-state index < -0.39 is 22.3 Å². The molecule has 0 aliphatic rings. The van der Waals surface area contributed by atoms with Crippen LogP contribution in [0.15, 0.2) is 12.1 Å². The summed E-state index contributed by atoms with van der Waals surface area (Å²) in [5.41, 5.74) is -0.0275. The van der Waals surface area contributed by atoms with Crippen molar-refractivity contribution in [3.05, 3.63) is 27.8 Å². The topological polar surface area (TPSA) is 96.4 Å². The zero-order chi connectivity index (χ0) is 12.3. The number of hydrogen-bond acceptors (Lipinski definition) is 5. The number of nitro groups is 1. The van der Waals surface area contributed by atoms with Crippen molar-refractivity contribution >= 4 is 5.69 Å². The Morgan fingerprint density at radius 2 is 2.25 bits per heavy atom. The second kappa shape index (κ2) is 4.49. The van der Waals surface area contributed by atoms with Gasteiger partial charge < -0.3 is 9.84 Å². The number of benzene rings is 1. The van der Waals surface area contributed by atoms with Crippen LogP contribution >= 0.6 is 0 Å². The van der Waals surface area contributed by atoms with E-state index in [9.17, 15) is 15.2 Å². The lowest BCUT2D eigenvalue weighted by Gasteiger charge is -2.08. The van der Waals surface area contributed by atoms with Crippen molar-refractivity contribution in [2.75, 3.05) is 7.11 Å². The standard InChI is InChI=1S/C10H10N2O4/c1-6(5-11)7-3-8(12(14)15)10(13)9(4-7)16-2/h3-4,6,13H,1-2H3. The first-order valence-corrected chi connectivity index (χ1v) is 4.46. The van der Waals surface area contributed by atoms with Crippen LogP contribution in [0.2, 0.25) is 0 Å². The number of hydrogen-bond donors (Lipinski definition) is 1. The third-order valence-corrected chi connectivity index (χ3v) is 2.19. The fraction of sp³-hybridized carbons (Fsp3) is 0.300. The fourth-order valence-corrected chi connectivity index (χ4v) is 1.23. The van der Waals surface area contributed by atoms with Gasteiger partial charge in [0.2, 0.25) is 5.75 Å². The van der Waals surface area contributed by atoms with Gasteiger partial charge in [-0.1, -0.05) is 0 Å². The minimum absolute atomic E-state index is 0.00806. The SMILES string of the molecule is COc1cc(C(C)C#N)cc([N+](=O)[O-])c1O. The number of ether oxygens (including phenoxy) is 1. The fourth-order valence-electron chi connectivity index (χ4n) is 1.23. The normalized spacial score (nSPS) is 11.6. The van der Waals surface area contributed by atoms with Crippen molar-refractivity contribution in [2.24, 2.45) is 0 Å². The van der Waals surface area contributed by atoms with Gasteiger partial charge in [0, 0.05) is 6.07 Å². The average molecular weight is 222 g/mol.